The highest BCUT2D eigenvalue weighted by molar-refractivity contribution is 5.77. The van der Waals surface area contributed by atoms with Gasteiger partial charge in [0.15, 0.2) is 0 Å². The zero-order chi connectivity index (χ0) is 12.3. The number of nitrogens with one attached hydrogen (secondary N) is 1. The molecule has 0 aliphatic heterocycles. The topological polar surface area (TPSA) is 55.1 Å². The van der Waals surface area contributed by atoms with Crippen LogP contribution in [0, 0.1) is 0 Å². The van der Waals surface area contributed by atoms with Crippen molar-refractivity contribution in [3.05, 3.63) is 29.8 Å². The molecule has 0 radical (unpaired) electrons. The summed E-state index contributed by atoms with van der Waals surface area (Å²) in [5.41, 5.74) is 7.57. The number of benzene rings is 1. The van der Waals surface area contributed by atoms with Crippen molar-refractivity contribution in [2.45, 2.75) is 44.6 Å². The van der Waals surface area contributed by atoms with E-state index < -0.39 is 0 Å². The van der Waals surface area contributed by atoms with Crippen LogP contribution in [0.1, 0.15) is 44.1 Å². The van der Waals surface area contributed by atoms with Crippen molar-refractivity contribution in [3.63, 3.8) is 0 Å². The quantitative estimate of drug-likeness (QED) is 0.783. The fourth-order valence-electron chi connectivity index (χ4n) is 2.06. The maximum Gasteiger partial charge on any atom is 0.220 e. The molecule has 3 N–H and O–H groups in total. The minimum Gasteiger partial charge on any atom is -0.399 e. The SMILES string of the molecule is CC(CC(=O)NC1CCC1)c1ccc(N)cc1. The molecule has 3 nitrogen and oxygen atoms in total. The Labute approximate surface area is 102 Å². The highest BCUT2D eigenvalue weighted by atomic mass is 16.1. The molecule has 0 heterocycles. The molecule has 17 heavy (non-hydrogen) atoms. The second-order valence-electron chi connectivity index (χ2n) is 4.97. The van der Waals surface area contributed by atoms with Gasteiger partial charge in [0.05, 0.1) is 0 Å². The highest BCUT2D eigenvalue weighted by Gasteiger charge is 2.20. The van der Waals surface area contributed by atoms with Crippen molar-refractivity contribution in [1.29, 1.82) is 0 Å². The van der Waals surface area contributed by atoms with Crippen LogP contribution in [0.5, 0.6) is 0 Å². The number of nitrogens with two attached hydrogens (primary N) is 1. The molecule has 1 amide bonds. The third-order valence-electron chi connectivity index (χ3n) is 3.47. The number of carbonyl (C=O) groups excluding carboxylic acids is 1. The Balaban J connectivity index is 1.84. The van der Waals surface area contributed by atoms with E-state index in [1.807, 2.05) is 24.3 Å². The summed E-state index contributed by atoms with van der Waals surface area (Å²) >= 11 is 0. The van der Waals surface area contributed by atoms with Gasteiger partial charge in [-0.2, -0.15) is 0 Å². The molecule has 0 spiro atoms. The number of amides is 1. The van der Waals surface area contributed by atoms with Gasteiger partial charge < -0.3 is 11.1 Å². The van der Waals surface area contributed by atoms with Crippen LogP contribution < -0.4 is 11.1 Å². The van der Waals surface area contributed by atoms with Crippen LogP contribution in [0.15, 0.2) is 24.3 Å². The van der Waals surface area contributed by atoms with Crippen LogP contribution in [-0.4, -0.2) is 11.9 Å². The van der Waals surface area contributed by atoms with Gasteiger partial charge in [0.2, 0.25) is 5.91 Å². The summed E-state index contributed by atoms with van der Waals surface area (Å²) in [4.78, 5) is 11.8. The third-order valence-corrected chi connectivity index (χ3v) is 3.47. The predicted octanol–water partition coefficient (Wildman–Crippen LogP) is 2.43. The number of anilines is 1. The van der Waals surface area contributed by atoms with Crippen LogP contribution in [0.25, 0.3) is 0 Å². The Bertz CT molecular complexity index is 382. The molecule has 0 saturated heterocycles. The first-order valence-electron chi connectivity index (χ1n) is 6.30. The van der Waals surface area contributed by atoms with Crippen molar-refractivity contribution in [1.82, 2.24) is 5.32 Å². The van der Waals surface area contributed by atoms with Crippen molar-refractivity contribution < 1.29 is 4.79 Å². The first-order chi connectivity index (χ1) is 8.15. The normalized spacial score (nSPS) is 17.2. The molecule has 1 aromatic carbocycles. The summed E-state index contributed by atoms with van der Waals surface area (Å²) < 4.78 is 0. The number of hydrogen-bond donors (Lipinski definition) is 2. The average Bonchev–Trinajstić information content (AvgIpc) is 2.24. The van der Waals surface area contributed by atoms with Gasteiger partial charge in [-0.3, -0.25) is 4.79 Å². The summed E-state index contributed by atoms with van der Waals surface area (Å²) in [5, 5.41) is 3.06. The van der Waals surface area contributed by atoms with E-state index in [-0.39, 0.29) is 11.8 Å². The van der Waals surface area contributed by atoms with Crippen LogP contribution in [0.3, 0.4) is 0 Å². The number of rotatable bonds is 4. The van der Waals surface area contributed by atoms with E-state index >= 15 is 0 Å². The largest absolute Gasteiger partial charge is 0.399 e. The lowest BCUT2D eigenvalue weighted by Crippen LogP contribution is -2.39. The van der Waals surface area contributed by atoms with Crippen LogP contribution in [-0.2, 0) is 4.79 Å². The zero-order valence-electron chi connectivity index (χ0n) is 10.3. The molecule has 1 aliphatic carbocycles. The Kier molecular flexibility index (Phi) is 3.67. The van der Waals surface area contributed by atoms with E-state index in [0.29, 0.717) is 12.5 Å². The molecule has 3 heteroatoms. The fourth-order valence-corrected chi connectivity index (χ4v) is 2.06. The lowest BCUT2D eigenvalue weighted by molar-refractivity contribution is -0.122. The number of hydrogen-bond acceptors (Lipinski definition) is 2. The van der Waals surface area contributed by atoms with Crippen molar-refractivity contribution in [3.8, 4) is 0 Å². The molecule has 1 unspecified atom stereocenters. The first-order valence-corrected chi connectivity index (χ1v) is 6.30. The van der Waals surface area contributed by atoms with Gasteiger partial charge in [-0.1, -0.05) is 19.1 Å². The van der Waals surface area contributed by atoms with Gasteiger partial charge in [0, 0.05) is 18.2 Å². The Morgan fingerprint density at radius 1 is 1.41 bits per heavy atom. The summed E-state index contributed by atoms with van der Waals surface area (Å²) in [6.45, 7) is 2.08. The predicted molar refractivity (Wildman–Crippen MR) is 69.7 cm³/mol. The molecule has 0 aromatic heterocycles. The molecule has 1 fully saturated rings. The second kappa shape index (κ2) is 5.21. The van der Waals surface area contributed by atoms with Gasteiger partial charge >= 0.3 is 0 Å². The summed E-state index contributed by atoms with van der Waals surface area (Å²) in [5.74, 6) is 0.412. The van der Waals surface area contributed by atoms with Gasteiger partial charge in [-0.15, -0.1) is 0 Å². The fraction of sp³-hybridized carbons (Fsp3) is 0.500. The van der Waals surface area contributed by atoms with Gasteiger partial charge in [-0.25, -0.2) is 0 Å². The summed E-state index contributed by atoms with van der Waals surface area (Å²) in [7, 11) is 0. The smallest absolute Gasteiger partial charge is 0.220 e. The molecule has 92 valence electrons. The van der Waals surface area contributed by atoms with E-state index in [2.05, 4.69) is 12.2 Å². The third kappa shape index (κ3) is 3.22. The second-order valence-corrected chi connectivity index (χ2v) is 4.97. The molecular formula is C14H20N2O. The Morgan fingerprint density at radius 3 is 2.59 bits per heavy atom. The van der Waals surface area contributed by atoms with Crippen molar-refractivity contribution in [2.24, 2.45) is 0 Å². The summed E-state index contributed by atoms with van der Waals surface area (Å²) in [6, 6.07) is 8.19. The molecule has 1 aliphatic rings. The van der Waals surface area contributed by atoms with Gasteiger partial charge in [-0.05, 0) is 42.9 Å². The maximum atomic E-state index is 11.8. The van der Waals surface area contributed by atoms with Crippen molar-refractivity contribution in [2.75, 3.05) is 5.73 Å². The van der Waals surface area contributed by atoms with Gasteiger partial charge in [0.25, 0.3) is 0 Å². The molecule has 1 saturated carbocycles. The Morgan fingerprint density at radius 2 is 2.06 bits per heavy atom. The maximum absolute atomic E-state index is 11.8. The average molecular weight is 232 g/mol. The van der Waals surface area contributed by atoms with E-state index in [1.54, 1.807) is 0 Å². The summed E-state index contributed by atoms with van der Waals surface area (Å²) in [6.07, 6.45) is 4.09. The van der Waals surface area contributed by atoms with E-state index in [1.165, 1.54) is 12.0 Å². The standard InChI is InChI=1S/C14H20N2O/c1-10(11-5-7-12(15)8-6-11)9-14(17)16-13-3-2-4-13/h5-8,10,13H,2-4,9,15H2,1H3,(H,16,17). The minimum atomic E-state index is 0.166. The highest BCUT2D eigenvalue weighted by Crippen LogP contribution is 2.22. The van der Waals surface area contributed by atoms with E-state index in [9.17, 15) is 4.79 Å². The molecular weight excluding hydrogens is 212 g/mol. The monoisotopic (exact) mass is 232 g/mol. The Hall–Kier alpha value is -1.51. The molecule has 2 rings (SSSR count). The van der Waals surface area contributed by atoms with Crippen LogP contribution >= 0.6 is 0 Å². The lowest BCUT2D eigenvalue weighted by atomic mass is 9.92. The number of carbonyl (C=O) groups is 1. The van der Waals surface area contributed by atoms with E-state index in [0.717, 1.165) is 18.5 Å². The molecule has 1 aromatic rings. The van der Waals surface area contributed by atoms with Crippen LogP contribution in [0.2, 0.25) is 0 Å². The number of nitrogen functional groups attached to an aromatic ring is 1. The minimum absolute atomic E-state index is 0.166. The van der Waals surface area contributed by atoms with E-state index in [4.69, 9.17) is 5.73 Å². The van der Waals surface area contributed by atoms with Crippen molar-refractivity contribution >= 4 is 11.6 Å². The first kappa shape index (κ1) is 12.0. The molecule has 1 atom stereocenters. The molecule has 0 bridgehead atoms. The van der Waals surface area contributed by atoms with Crippen LogP contribution in [0.4, 0.5) is 5.69 Å². The zero-order valence-corrected chi connectivity index (χ0v) is 10.3. The van der Waals surface area contributed by atoms with Gasteiger partial charge in [0.1, 0.15) is 0 Å². The lowest BCUT2D eigenvalue weighted by Gasteiger charge is -2.27.